The average Bonchev–Trinajstić information content (AvgIpc) is 2.72. The Labute approximate surface area is 192 Å². The van der Waals surface area contributed by atoms with E-state index in [2.05, 4.69) is 48.5 Å². The van der Waals surface area contributed by atoms with Gasteiger partial charge in [-0.15, -0.1) is 6.58 Å². The molecule has 0 saturated heterocycles. The predicted octanol–water partition coefficient (Wildman–Crippen LogP) is 6.24. The summed E-state index contributed by atoms with van der Waals surface area (Å²) in [5.41, 5.74) is 4.04. The van der Waals surface area contributed by atoms with Crippen LogP contribution in [0.3, 0.4) is 0 Å². The third kappa shape index (κ3) is 9.06. The van der Waals surface area contributed by atoms with E-state index in [1.807, 2.05) is 26.1 Å². The topological polar surface area (TPSA) is 18.5 Å². The van der Waals surface area contributed by atoms with Crippen molar-refractivity contribution in [1.82, 2.24) is 15.1 Å². The molecule has 5 heteroatoms. The molecule has 0 atom stereocenters. The molecule has 174 valence electrons. The molecular formula is C27H37F2N3. The summed E-state index contributed by atoms with van der Waals surface area (Å²) < 4.78 is 28.3. The first kappa shape index (κ1) is 27.1. The molecule has 0 unspecified atom stereocenters. The van der Waals surface area contributed by atoms with Gasteiger partial charge in [-0.1, -0.05) is 31.4 Å². The molecule has 1 aromatic carbocycles. The number of halogens is 2. The normalized spacial score (nSPS) is 12.0. The van der Waals surface area contributed by atoms with E-state index in [0.29, 0.717) is 11.3 Å². The van der Waals surface area contributed by atoms with Crippen molar-refractivity contribution in [3.63, 3.8) is 0 Å². The van der Waals surface area contributed by atoms with E-state index < -0.39 is 11.6 Å². The predicted molar refractivity (Wildman–Crippen MR) is 133 cm³/mol. The minimum absolute atomic E-state index is 0.00104. The highest BCUT2D eigenvalue weighted by atomic mass is 19.1. The fourth-order valence-corrected chi connectivity index (χ4v) is 2.99. The molecule has 0 spiro atoms. The summed E-state index contributed by atoms with van der Waals surface area (Å²) in [6, 6.07) is 2.65. The molecule has 0 aromatic heterocycles. The first-order chi connectivity index (χ1) is 15.1. The van der Waals surface area contributed by atoms with Gasteiger partial charge in [0.05, 0.1) is 0 Å². The van der Waals surface area contributed by atoms with Gasteiger partial charge in [0.2, 0.25) is 0 Å². The molecule has 0 bridgehead atoms. The summed E-state index contributed by atoms with van der Waals surface area (Å²) >= 11 is 0. The number of likely N-dealkylation sites (N-methyl/N-ethyl adjacent to an activating group) is 1. The van der Waals surface area contributed by atoms with Crippen LogP contribution in [0.15, 0.2) is 85.4 Å². The van der Waals surface area contributed by atoms with Crippen LogP contribution in [-0.4, -0.2) is 36.5 Å². The van der Waals surface area contributed by atoms with Gasteiger partial charge in [-0.3, -0.25) is 0 Å². The van der Waals surface area contributed by atoms with Gasteiger partial charge in [0, 0.05) is 49.3 Å². The zero-order valence-electron chi connectivity index (χ0n) is 20.0. The van der Waals surface area contributed by atoms with Crippen molar-refractivity contribution >= 4 is 0 Å². The Bertz CT molecular complexity index is 873. The first-order valence-electron chi connectivity index (χ1n) is 10.7. The molecule has 0 heterocycles. The van der Waals surface area contributed by atoms with Crippen LogP contribution in [0, 0.1) is 18.6 Å². The maximum Gasteiger partial charge on any atom is 0.131 e. The fourth-order valence-electron chi connectivity index (χ4n) is 2.99. The molecule has 0 aliphatic heterocycles. The summed E-state index contributed by atoms with van der Waals surface area (Å²) in [6.45, 7) is 23.8. The van der Waals surface area contributed by atoms with Crippen molar-refractivity contribution in [2.24, 2.45) is 0 Å². The number of rotatable bonds is 14. The maximum atomic E-state index is 14.1. The molecule has 0 aliphatic rings. The smallest absolute Gasteiger partial charge is 0.131 e. The lowest BCUT2D eigenvalue weighted by Gasteiger charge is -2.26. The molecule has 0 amide bonds. The van der Waals surface area contributed by atoms with Gasteiger partial charge in [-0.05, 0) is 69.7 Å². The van der Waals surface area contributed by atoms with Gasteiger partial charge in [-0.25, -0.2) is 8.78 Å². The van der Waals surface area contributed by atoms with Crippen LogP contribution in [0.1, 0.15) is 31.4 Å². The van der Waals surface area contributed by atoms with Gasteiger partial charge in [0.1, 0.15) is 11.6 Å². The molecule has 1 rings (SSSR count). The molecule has 1 N–H and O–H groups in total. The number of nitrogens with zero attached hydrogens (tertiary/aromatic N) is 2. The Balaban J connectivity index is 2.92. The summed E-state index contributed by atoms with van der Waals surface area (Å²) in [4.78, 5) is 4.32. The van der Waals surface area contributed by atoms with Crippen LogP contribution in [0.4, 0.5) is 8.78 Å². The van der Waals surface area contributed by atoms with Crippen molar-refractivity contribution in [3.8, 4) is 0 Å². The van der Waals surface area contributed by atoms with E-state index in [1.54, 1.807) is 19.1 Å². The minimum Gasteiger partial charge on any atom is -0.381 e. The highest BCUT2D eigenvalue weighted by Crippen LogP contribution is 2.17. The molecule has 0 saturated carbocycles. The van der Waals surface area contributed by atoms with E-state index in [4.69, 9.17) is 0 Å². The molecule has 0 fully saturated rings. The highest BCUT2D eigenvalue weighted by molar-refractivity contribution is 5.31. The van der Waals surface area contributed by atoms with Crippen LogP contribution in [-0.2, 0) is 6.54 Å². The van der Waals surface area contributed by atoms with E-state index in [0.717, 1.165) is 42.9 Å². The molecule has 3 nitrogen and oxygen atoms in total. The summed E-state index contributed by atoms with van der Waals surface area (Å²) in [6.07, 6.45) is 8.29. The van der Waals surface area contributed by atoms with Gasteiger partial charge in [0.25, 0.3) is 0 Å². The zero-order valence-corrected chi connectivity index (χ0v) is 20.0. The number of aryl methyl sites for hydroxylation is 1. The lowest BCUT2D eigenvalue weighted by molar-refractivity contribution is 0.302. The zero-order chi connectivity index (χ0) is 24.3. The van der Waals surface area contributed by atoms with Crippen LogP contribution in [0.2, 0.25) is 0 Å². The van der Waals surface area contributed by atoms with E-state index >= 15 is 0 Å². The Morgan fingerprint density at radius 3 is 2.22 bits per heavy atom. The number of allylic oxidation sites excluding steroid dienone is 4. The summed E-state index contributed by atoms with van der Waals surface area (Å²) in [7, 11) is 2.08. The number of hydrogen-bond donors (Lipinski definition) is 1. The largest absolute Gasteiger partial charge is 0.381 e. The van der Waals surface area contributed by atoms with Crippen LogP contribution in [0.25, 0.3) is 0 Å². The summed E-state index contributed by atoms with van der Waals surface area (Å²) in [5, 5.41) is 3.04. The SMILES string of the molecule is C=C/C=C(/C=C)N(/C=C(\C)C(=C)NCc1c(F)cc(C)cc1F)CCN(C)CCC(=C)C. The standard InChI is InChI=1S/C27H37F2N3/c1-9-11-24(10-2)32(15-14-31(8)13-12-20(3)4)19-22(6)23(7)30-18-25-26(28)16-21(5)17-27(25)29/h9-11,16-17,19,30H,1-3,7,12-15,18H2,4-6,8H3/b22-19+,24-11-. The minimum atomic E-state index is -0.563. The third-order valence-corrected chi connectivity index (χ3v) is 5.06. The lowest BCUT2D eigenvalue weighted by atomic mass is 10.1. The van der Waals surface area contributed by atoms with Crippen molar-refractivity contribution in [2.45, 2.75) is 33.7 Å². The molecule has 1 aromatic rings. The van der Waals surface area contributed by atoms with Gasteiger partial charge in [-0.2, -0.15) is 0 Å². The Hall–Kier alpha value is -2.92. The number of benzene rings is 1. The lowest BCUT2D eigenvalue weighted by Crippen LogP contribution is -2.31. The second-order valence-corrected chi connectivity index (χ2v) is 8.09. The quantitative estimate of drug-likeness (QED) is 0.272. The van der Waals surface area contributed by atoms with E-state index in [-0.39, 0.29) is 12.1 Å². The van der Waals surface area contributed by atoms with Crippen molar-refractivity contribution < 1.29 is 8.78 Å². The monoisotopic (exact) mass is 441 g/mol. The van der Waals surface area contributed by atoms with Crippen molar-refractivity contribution in [3.05, 3.63) is 108 Å². The van der Waals surface area contributed by atoms with Crippen molar-refractivity contribution in [2.75, 3.05) is 26.7 Å². The van der Waals surface area contributed by atoms with Crippen LogP contribution < -0.4 is 5.32 Å². The average molecular weight is 442 g/mol. The van der Waals surface area contributed by atoms with Gasteiger partial charge >= 0.3 is 0 Å². The number of nitrogens with one attached hydrogen (secondary N) is 1. The van der Waals surface area contributed by atoms with Crippen LogP contribution >= 0.6 is 0 Å². The Kier molecular flexibility index (Phi) is 11.4. The van der Waals surface area contributed by atoms with Crippen molar-refractivity contribution in [1.29, 1.82) is 0 Å². The second kappa shape index (κ2) is 13.5. The maximum absolute atomic E-state index is 14.1. The summed E-state index contributed by atoms with van der Waals surface area (Å²) in [5.74, 6) is -1.13. The Morgan fingerprint density at radius 2 is 1.69 bits per heavy atom. The second-order valence-electron chi connectivity index (χ2n) is 8.09. The van der Waals surface area contributed by atoms with E-state index in [9.17, 15) is 8.78 Å². The van der Waals surface area contributed by atoms with E-state index in [1.165, 1.54) is 12.1 Å². The molecule has 32 heavy (non-hydrogen) atoms. The Morgan fingerprint density at radius 1 is 1.06 bits per heavy atom. The molecule has 0 radical (unpaired) electrons. The highest BCUT2D eigenvalue weighted by Gasteiger charge is 2.12. The first-order valence-corrected chi connectivity index (χ1v) is 10.7. The molecule has 0 aliphatic carbocycles. The fraction of sp³-hybridized carbons (Fsp3) is 0.333. The van der Waals surface area contributed by atoms with Gasteiger partial charge < -0.3 is 15.1 Å². The molecular weight excluding hydrogens is 404 g/mol. The third-order valence-electron chi connectivity index (χ3n) is 5.06. The van der Waals surface area contributed by atoms with Crippen LogP contribution in [0.5, 0.6) is 0 Å². The van der Waals surface area contributed by atoms with Gasteiger partial charge in [0.15, 0.2) is 0 Å². The number of hydrogen-bond acceptors (Lipinski definition) is 3.